The molecule has 6 atom stereocenters. The topological polar surface area (TPSA) is 217 Å². The van der Waals surface area contributed by atoms with Crippen LogP contribution in [0.25, 0.3) is 22.3 Å². The van der Waals surface area contributed by atoms with Gasteiger partial charge in [0.15, 0.2) is 5.13 Å². The summed E-state index contributed by atoms with van der Waals surface area (Å²) in [5.41, 5.74) is -1.04. The van der Waals surface area contributed by atoms with Gasteiger partial charge in [0.1, 0.15) is 40.9 Å². The third kappa shape index (κ3) is 11.8. The van der Waals surface area contributed by atoms with E-state index in [1.165, 1.54) is 37.4 Å². The number of hydrogen-bond donors (Lipinski definition) is 5. The van der Waals surface area contributed by atoms with E-state index >= 15 is 4.79 Å². The molecule has 1 saturated heterocycles. The number of likely N-dealkylation sites (N-methyl/N-ethyl adjacent to an activating group) is 1. The number of carbonyl (C=O) groups is 4. The van der Waals surface area contributed by atoms with Crippen molar-refractivity contribution in [3.05, 3.63) is 55.0 Å². The molecule has 20 heteroatoms. The van der Waals surface area contributed by atoms with Gasteiger partial charge in [-0.2, -0.15) is 17.0 Å². The Kier molecular flexibility index (Phi) is 15.9. The van der Waals surface area contributed by atoms with Crippen LogP contribution in [0.2, 0.25) is 0 Å². The maximum atomic E-state index is 15.1. The number of thiazole rings is 1. The van der Waals surface area contributed by atoms with E-state index in [0.29, 0.717) is 40.2 Å². The zero-order chi connectivity index (χ0) is 49.1. The second-order valence-electron chi connectivity index (χ2n) is 19.6. The summed E-state index contributed by atoms with van der Waals surface area (Å²) >= 11 is 1.45. The van der Waals surface area contributed by atoms with Crippen LogP contribution in [0.1, 0.15) is 68.2 Å². The van der Waals surface area contributed by atoms with Crippen molar-refractivity contribution in [2.75, 3.05) is 53.2 Å². The van der Waals surface area contributed by atoms with Crippen LogP contribution in [0.4, 0.5) is 9.93 Å². The largest absolute Gasteiger partial charge is 0.497 e. The monoisotopic (exact) mass is 952 g/mol. The third-order valence-corrected chi connectivity index (χ3v) is 14.4. The number of nitrogens with one attached hydrogen (secondary N) is 5. The minimum Gasteiger partial charge on any atom is -0.497 e. The summed E-state index contributed by atoms with van der Waals surface area (Å²) in [5, 5.41) is 18.2. The molecule has 18 nitrogen and oxygen atoms in total. The molecule has 66 heavy (non-hydrogen) atoms. The molecule has 2 fully saturated rings. The van der Waals surface area contributed by atoms with Gasteiger partial charge in [0.25, 0.3) is 10.2 Å². The quantitative estimate of drug-likeness (QED) is 0.103. The highest BCUT2D eigenvalue weighted by atomic mass is 32.2. The minimum absolute atomic E-state index is 0.0387. The van der Waals surface area contributed by atoms with Crippen LogP contribution in [-0.2, 0) is 24.6 Å². The van der Waals surface area contributed by atoms with Gasteiger partial charge in [0.05, 0.1) is 24.9 Å². The first kappa shape index (κ1) is 51.7. The number of aromatic nitrogens is 2. The van der Waals surface area contributed by atoms with Gasteiger partial charge in [0.2, 0.25) is 17.7 Å². The highest BCUT2D eigenvalue weighted by Crippen LogP contribution is 2.45. The van der Waals surface area contributed by atoms with Gasteiger partial charge < -0.3 is 41.0 Å². The van der Waals surface area contributed by atoms with Gasteiger partial charge in [-0.05, 0) is 43.2 Å². The van der Waals surface area contributed by atoms with Gasteiger partial charge >= 0.3 is 6.03 Å². The van der Waals surface area contributed by atoms with Crippen molar-refractivity contribution in [2.45, 2.75) is 104 Å². The molecule has 0 spiro atoms. The first-order valence-corrected chi connectivity index (χ1v) is 24.3. The maximum absolute atomic E-state index is 15.1. The number of anilines is 1. The molecule has 0 radical (unpaired) electrons. The standard InChI is InChI=1S/C46H68N10O8S2/c1-15-19-47-41(59)46(23-28(46)16-2)53-39(57)35-21-30(64-36-22-33(34-26-65-43(50-34)48-27(3)4)49-32-20-29(63-14)17-18-31(32)36)24-56(35)40(58)38(45(8,9)10)52-42(60)51-37(44(5,6)7)25-55(13)66(61,62)54(11)12/h15-18,20,22,26-28,30,35,37-38H,1-2,19,21,23-25H2,3-14H3,(H,47,59)(H,48,50)(H,53,57)(H2,51,52,60)/t28?,30-,35+,37?,38-,46-/m1/s1. The zero-order valence-electron chi connectivity index (χ0n) is 40.3. The average molecular weight is 953 g/mol. The number of urea groups is 1. The molecule has 2 aromatic heterocycles. The Morgan fingerprint density at radius 1 is 1.02 bits per heavy atom. The molecule has 3 heterocycles. The summed E-state index contributed by atoms with van der Waals surface area (Å²) in [6, 6.07) is 3.69. The molecule has 1 aliphatic carbocycles. The Bertz CT molecular complexity index is 2410. The van der Waals surface area contributed by atoms with Crippen LogP contribution in [0, 0.1) is 16.7 Å². The Hall–Kier alpha value is -5.31. The smallest absolute Gasteiger partial charge is 0.315 e. The Morgan fingerprint density at radius 2 is 1.71 bits per heavy atom. The molecule has 5 N–H and O–H groups in total. The fourth-order valence-corrected chi connectivity index (χ4v) is 9.51. The van der Waals surface area contributed by atoms with E-state index in [0.717, 1.165) is 13.7 Å². The number of carbonyl (C=O) groups excluding carboxylic acids is 4. The summed E-state index contributed by atoms with van der Waals surface area (Å²) in [5.74, 6) is -0.841. The van der Waals surface area contributed by atoms with Crippen molar-refractivity contribution in [1.82, 2.24) is 44.7 Å². The van der Waals surface area contributed by atoms with Crippen molar-refractivity contribution in [2.24, 2.45) is 16.7 Å². The van der Waals surface area contributed by atoms with E-state index in [1.807, 2.05) is 46.1 Å². The first-order valence-electron chi connectivity index (χ1n) is 22.0. The number of rotatable bonds is 19. The van der Waals surface area contributed by atoms with Crippen LogP contribution in [-0.4, -0.2) is 139 Å². The number of methoxy groups -OCH3 is 1. The van der Waals surface area contributed by atoms with Gasteiger partial charge in [-0.15, -0.1) is 24.5 Å². The predicted molar refractivity (Wildman–Crippen MR) is 258 cm³/mol. The molecule has 362 valence electrons. The molecule has 1 aromatic carbocycles. The zero-order valence-corrected chi connectivity index (χ0v) is 41.9. The normalized spacial score (nSPS) is 20.7. The Labute approximate surface area is 393 Å². The summed E-state index contributed by atoms with van der Waals surface area (Å²) in [6.45, 7) is 22.7. The fraction of sp³-hybridized carbons (Fsp3) is 0.565. The van der Waals surface area contributed by atoms with Gasteiger partial charge in [-0.3, -0.25) is 14.4 Å². The first-order chi connectivity index (χ1) is 30.7. The van der Waals surface area contributed by atoms with Crippen molar-refractivity contribution >= 4 is 61.3 Å². The van der Waals surface area contributed by atoms with E-state index in [1.54, 1.807) is 58.2 Å². The number of ether oxygens (including phenoxy) is 2. The van der Waals surface area contributed by atoms with E-state index in [4.69, 9.17) is 19.4 Å². The van der Waals surface area contributed by atoms with Crippen molar-refractivity contribution < 1.29 is 37.1 Å². The maximum Gasteiger partial charge on any atom is 0.315 e. The van der Waals surface area contributed by atoms with Gasteiger partial charge in [0, 0.05) is 81.6 Å². The summed E-state index contributed by atoms with van der Waals surface area (Å²) < 4.78 is 40.5. The van der Waals surface area contributed by atoms with Crippen molar-refractivity contribution in [3.8, 4) is 22.9 Å². The second kappa shape index (κ2) is 20.3. The number of pyridine rings is 1. The van der Waals surface area contributed by atoms with Crippen molar-refractivity contribution in [1.29, 1.82) is 0 Å². The van der Waals surface area contributed by atoms with Crippen LogP contribution in [0.15, 0.2) is 55.0 Å². The summed E-state index contributed by atoms with van der Waals surface area (Å²) in [6.07, 6.45) is 2.78. The number of amides is 5. The molecule has 5 amide bonds. The number of benzene rings is 1. The van der Waals surface area contributed by atoms with Crippen LogP contribution in [0.3, 0.4) is 0 Å². The lowest BCUT2D eigenvalue weighted by atomic mass is 9.85. The van der Waals surface area contributed by atoms with Crippen LogP contribution in [0.5, 0.6) is 11.5 Å². The van der Waals surface area contributed by atoms with Crippen LogP contribution < -0.4 is 36.1 Å². The highest BCUT2D eigenvalue weighted by molar-refractivity contribution is 7.86. The number of fused-ring (bicyclic) bond motifs is 1. The van der Waals surface area contributed by atoms with E-state index in [2.05, 4.69) is 39.7 Å². The van der Waals surface area contributed by atoms with Crippen molar-refractivity contribution in [3.63, 3.8) is 0 Å². The lowest BCUT2D eigenvalue weighted by Gasteiger charge is -2.38. The fourth-order valence-electron chi connectivity index (χ4n) is 7.76. The SMILES string of the molecule is C=CCNC(=O)[C@@]1(NC(=O)[C@@H]2C[C@@H](Oc3cc(-c4csc(NC(C)C)n4)nc4cc(OC)ccc34)CN2C(=O)[C@@H](NC(=O)NC(CN(C)S(=O)(=O)N(C)C)C(C)(C)C)C(C)(C)C)CC1C=C. The lowest BCUT2D eigenvalue weighted by molar-refractivity contribution is -0.142. The highest BCUT2D eigenvalue weighted by Gasteiger charge is 2.60. The molecule has 5 rings (SSSR count). The van der Waals surface area contributed by atoms with E-state index < -0.39 is 74.6 Å². The van der Waals surface area contributed by atoms with E-state index in [-0.39, 0.29) is 38.0 Å². The Morgan fingerprint density at radius 3 is 2.29 bits per heavy atom. The summed E-state index contributed by atoms with van der Waals surface area (Å²) in [4.78, 5) is 68.4. The van der Waals surface area contributed by atoms with Gasteiger partial charge in [-0.1, -0.05) is 53.7 Å². The summed E-state index contributed by atoms with van der Waals surface area (Å²) in [7, 11) is 2.05. The van der Waals surface area contributed by atoms with E-state index in [9.17, 15) is 22.8 Å². The van der Waals surface area contributed by atoms with Gasteiger partial charge in [-0.25, -0.2) is 14.8 Å². The molecule has 3 aromatic rings. The predicted octanol–water partition coefficient (Wildman–Crippen LogP) is 4.77. The lowest BCUT2D eigenvalue weighted by Crippen LogP contribution is -2.62. The number of likely N-dealkylation sites (tertiary alicyclic amines) is 1. The average Bonchev–Trinajstić information content (AvgIpc) is 3.50. The molecule has 1 aliphatic heterocycles. The molecule has 1 saturated carbocycles. The molecule has 2 unspecified atom stereocenters. The number of hydrogen-bond acceptors (Lipinski definition) is 12. The second-order valence-corrected chi connectivity index (χ2v) is 22.7. The number of nitrogens with zero attached hydrogens (tertiary/aromatic N) is 5. The minimum atomic E-state index is -3.81. The molecule has 0 bridgehead atoms. The Balaban J connectivity index is 1.51. The molecular formula is C46H68N10O8S2. The third-order valence-electron chi connectivity index (χ3n) is 11.8. The molecule has 2 aliphatic rings. The van der Waals surface area contributed by atoms with Crippen LogP contribution >= 0.6 is 11.3 Å². The molecular weight excluding hydrogens is 885 g/mol.